The predicted molar refractivity (Wildman–Crippen MR) is 152 cm³/mol. The van der Waals surface area contributed by atoms with Crippen LogP contribution >= 0.6 is 0 Å². The zero-order valence-electron chi connectivity index (χ0n) is 24.9. The Balaban J connectivity index is 1.36. The molecular weight excluding hydrogens is 542 g/mol. The monoisotopic (exact) mass is 583 g/mol. The number of carboxylic acid groups (broad SMARTS) is 1. The van der Waals surface area contributed by atoms with Crippen LogP contribution in [0.4, 0.5) is 0 Å². The molecule has 2 heterocycles. The van der Waals surface area contributed by atoms with Crippen LogP contribution < -0.4 is 20.1 Å². The van der Waals surface area contributed by atoms with Gasteiger partial charge in [-0.1, -0.05) is 26.0 Å². The Bertz CT molecular complexity index is 1340. The van der Waals surface area contributed by atoms with Crippen LogP contribution in [0.25, 0.3) is 0 Å². The maximum atomic E-state index is 13.4. The molecule has 2 amide bonds. The minimum Gasteiger partial charge on any atom is -0.493 e. The summed E-state index contributed by atoms with van der Waals surface area (Å²) in [6.07, 6.45) is 3.26. The number of carboxylic acids is 1. The fourth-order valence-corrected chi connectivity index (χ4v) is 7.68. The minimum absolute atomic E-state index is 0.00794. The van der Waals surface area contributed by atoms with Crippen molar-refractivity contribution in [1.82, 2.24) is 15.5 Å². The zero-order valence-corrected chi connectivity index (χ0v) is 24.9. The highest BCUT2D eigenvalue weighted by molar-refractivity contribution is 5.91. The van der Waals surface area contributed by atoms with Crippen LogP contribution in [0.15, 0.2) is 23.8 Å². The van der Waals surface area contributed by atoms with Crippen molar-refractivity contribution in [2.75, 3.05) is 20.7 Å². The number of aliphatic hydroxyl groups is 1. The number of amides is 2. The lowest BCUT2D eigenvalue weighted by atomic mass is 9.49. The van der Waals surface area contributed by atoms with Gasteiger partial charge in [0.15, 0.2) is 11.5 Å². The Kier molecular flexibility index (Phi) is 7.86. The summed E-state index contributed by atoms with van der Waals surface area (Å²) in [5.41, 5.74) is 1.16. The normalized spacial score (nSPS) is 28.6. The zero-order chi connectivity index (χ0) is 30.6. The lowest BCUT2D eigenvalue weighted by Crippen LogP contribution is -2.74. The molecule has 2 aliphatic carbocycles. The van der Waals surface area contributed by atoms with Crippen LogP contribution in [-0.4, -0.2) is 89.2 Å². The van der Waals surface area contributed by atoms with E-state index < -0.39 is 47.0 Å². The van der Waals surface area contributed by atoms with E-state index in [-0.39, 0.29) is 37.0 Å². The first-order valence-electron chi connectivity index (χ1n) is 14.6. The molecule has 4 aliphatic rings. The van der Waals surface area contributed by atoms with E-state index in [0.29, 0.717) is 30.8 Å². The van der Waals surface area contributed by atoms with Crippen molar-refractivity contribution in [3.05, 3.63) is 34.9 Å². The number of methoxy groups -OCH3 is 1. The van der Waals surface area contributed by atoms with Crippen LogP contribution in [0.5, 0.6) is 11.5 Å². The van der Waals surface area contributed by atoms with E-state index in [1.165, 1.54) is 6.92 Å². The molecule has 1 aromatic rings. The second-order valence-corrected chi connectivity index (χ2v) is 12.5. The molecule has 2 bridgehead atoms. The van der Waals surface area contributed by atoms with Gasteiger partial charge in [0.1, 0.15) is 24.0 Å². The van der Waals surface area contributed by atoms with Gasteiger partial charge in [-0.15, -0.1) is 0 Å². The lowest BCUT2D eigenvalue weighted by molar-refractivity contribution is -0.158. The Morgan fingerprint density at radius 3 is 2.60 bits per heavy atom. The number of ether oxygens (including phenoxy) is 2. The molecule has 3 unspecified atom stereocenters. The molecular formula is C31H41N3O8. The molecule has 1 fully saturated rings. The van der Waals surface area contributed by atoms with Crippen molar-refractivity contribution in [2.45, 2.75) is 94.5 Å². The smallest absolute Gasteiger partial charge is 0.326 e. The van der Waals surface area contributed by atoms with Crippen molar-refractivity contribution in [3.63, 3.8) is 0 Å². The third-order valence-electron chi connectivity index (χ3n) is 9.73. The topological polar surface area (TPSA) is 154 Å². The number of likely N-dealkylation sites (tertiary alicyclic amines) is 1. The maximum absolute atomic E-state index is 13.4. The van der Waals surface area contributed by atoms with Crippen molar-refractivity contribution in [3.8, 4) is 11.5 Å². The van der Waals surface area contributed by atoms with E-state index >= 15 is 0 Å². The van der Waals surface area contributed by atoms with Crippen LogP contribution in [0.1, 0.15) is 64.0 Å². The number of Topliss-reactive ketones (excluding diaryl/α,β-unsaturated/α-hetero) is 1. The van der Waals surface area contributed by atoms with Gasteiger partial charge in [-0.05, 0) is 62.4 Å². The number of hydrogen-bond donors (Lipinski definition) is 4. The summed E-state index contributed by atoms with van der Waals surface area (Å²) >= 11 is 0. The van der Waals surface area contributed by atoms with Crippen molar-refractivity contribution in [1.29, 1.82) is 0 Å². The van der Waals surface area contributed by atoms with Gasteiger partial charge >= 0.3 is 5.97 Å². The molecule has 0 radical (unpaired) electrons. The van der Waals surface area contributed by atoms with Crippen LogP contribution in [-0.2, 0) is 31.0 Å². The summed E-state index contributed by atoms with van der Waals surface area (Å²) in [5.74, 6) is -1.53. The Hall–Kier alpha value is -3.44. The Morgan fingerprint density at radius 2 is 1.95 bits per heavy atom. The summed E-state index contributed by atoms with van der Waals surface area (Å²) < 4.78 is 12.3. The summed E-state index contributed by atoms with van der Waals surface area (Å²) in [5, 5.41) is 26.8. The first-order valence-corrected chi connectivity index (χ1v) is 14.6. The molecule has 4 N–H and O–H groups in total. The molecule has 42 heavy (non-hydrogen) atoms. The summed E-state index contributed by atoms with van der Waals surface area (Å²) in [4.78, 5) is 51.9. The third kappa shape index (κ3) is 4.66. The molecule has 0 saturated carbocycles. The molecule has 1 aromatic carbocycles. The molecule has 2 aliphatic heterocycles. The van der Waals surface area contributed by atoms with Crippen LogP contribution in [0.2, 0.25) is 0 Å². The molecule has 1 saturated heterocycles. The standard InChI is InChI=1S/C31H41N3O8/c1-16(2)25(29(38)39)33-28(37)21(32-17(3)35)8-7-20(36)14-19-10-11-31(40)23-15-18-6-9-22(41-5)26-24(18)30(31,27(19)42-26)12-13-34(23)4/h6,9-10,16,21,23,25,27,40H,7-8,11-15H2,1-5H3,(H,32,35)(H,33,37)(H,38,39)/t21?,23-,25?,27?,30+,31-/m1/s1. The predicted octanol–water partition coefficient (Wildman–Crippen LogP) is 1.48. The largest absolute Gasteiger partial charge is 0.493 e. The first kappa shape index (κ1) is 30.0. The second-order valence-electron chi connectivity index (χ2n) is 12.5. The lowest BCUT2D eigenvalue weighted by Gasteiger charge is -2.62. The number of benzene rings is 1. The van der Waals surface area contributed by atoms with Crippen molar-refractivity contribution in [2.24, 2.45) is 5.92 Å². The molecule has 0 aromatic heterocycles. The van der Waals surface area contributed by atoms with Gasteiger partial charge in [0.2, 0.25) is 11.8 Å². The average molecular weight is 584 g/mol. The molecule has 228 valence electrons. The van der Waals surface area contributed by atoms with Gasteiger partial charge in [-0.2, -0.15) is 0 Å². The van der Waals surface area contributed by atoms with E-state index in [1.54, 1.807) is 21.0 Å². The average Bonchev–Trinajstić information content (AvgIpc) is 3.28. The quantitative estimate of drug-likeness (QED) is 0.284. The number of likely N-dealkylation sites (N-methyl/N-ethyl adjacent to an activating group) is 1. The number of piperidine rings is 1. The van der Waals surface area contributed by atoms with Gasteiger partial charge in [0.25, 0.3) is 0 Å². The van der Waals surface area contributed by atoms with Gasteiger partial charge in [0.05, 0.1) is 18.1 Å². The van der Waals surface area contributed by atoms with Gasteiger partial charge in [0, 0.05) is 31.4 Å². The first-order chi connectivity index (χ1) is 19.8. The molecule has 11 heteroatoms. The van der Waals surface area contributed by atoms with Gasteiger partial charge < -0.3 is 35.2 Å². The number of hydrogen-bond acceptors (Lipinski definition) is 8. The van der Waals surface area contributed by atoms with E-state index in [2.05, 4.69) is 21.6 Å². The highest BCUT2D eigenvalue weighted by Crippen LogP contribution is 2.65. The minimum atomic E-state index is -1.17. The molecule has 11 nitrogen and oxygen atoms in total. The SMILES string of the molecule is COc1ccc2c3c1OC1C(CC(=O)CCC(NC(C)=O)C(=O)NC(C(=O)O)C(C)C)=CC[C@@]4(O)[C@@H](C2)N(C)CC[C@]314. The number of ketones is 1. The third-order valence-corrected chi connectivity index (χ3v) is 9.73. The van der Waals surface area contributed by atoms with Gasteiger partial charge in [-0.25, -0.2) is 4.79 Å². The number of carbonyl (C=O) groups excluding carboxylic acids is 3. The number of aliphatic carboxylic acids is 1. The fraction of sp³-hybridized carbons (Fsp3) is 0.613. The summed E-state index contributed by atoms with van der Waals surface area (Å²) in [6.45, 7) is 5.40. The van der Waals surface area contributed by atoms with Crippen LogP contribution in [0.3, 0.4) is 0 Å². The molecule has 6 atom stereocenters. The van der Waals surface area contributed by atoms with E-state index in [0.717, 1.165) is 23.2 Å². The second kappa shape index (κ2) is 11.0. The Labute approximate surface area is 245 Å². The molecule has 5 rings (SSSR count). The maximum Gasteiger partial charge on any atom is 0.326 e. The van der Waals surface area contributed by atoms with Crippen molar-refractivity contribution >= 4 is 23.6 Å². The van der Waals surface area contributed by atoms with E-state index in [4.69, 9.17) is 9.47 Å². The highest BCUT2D eigenvalue weighted by Gasteiger charge is 2.71. The molecule has 1 spiro atoms. The van der Waals surface area contributed by atoms with Gasteiger partial charge in [-0.3, -0.25) is 14.4 Å². The van der Waals surface area contributed by atoms with E-state index in [9.17, 15) is 29.4 Å². The number of nitrogens with zero attached hydrogens (tertiary/aromatic N) is 1. The number of rotatable bonds is 11. The van der Waals surface area contributed by atoms with Crippen LogP contribution in [0, 0.1) is 5.92 Å². The summed E-state index contributed by atoms with van der Waals surface area (Å²) in [6, 6.07) is 1.70. The Morgan fingerprint density at radius 1 is 1.21 bits per heavy atom. The summed E-state index contributed by atoms with van der Waals surface area (Å²) in [7, 11) is 3.63. The van der Waals surface area contributed by atoms with Crippen molar-refractivity contribution < 1.29 is 38.9 Å². The van der Waals surface area contributed by atoms with E-state index in [1.807, 2.05) is 19.2 Å². The number of carbonyl (C=O) groups is 4. The number of nitrogens with one attached hydrogen (secondary N) is 2. The fourth-order valence-electron chi connectivity index (χ4n) is 7.68. The highest BCUT2D eigenvalue weighted by atomic mass is 16.5.